The van der Waals surface area contributed by atoms with Crippen LogP contribution in [0, 0.1) is 5.82 Å². The Morgan fingerprint density at radius 3 is 2.77 bits per heavy atom. The highest BCUT2D eigenvalue weighted by atomic mass is 32.1. The van der Waals surface area contributed by atoms with Gasteiger partial charge in [0.05, 0.1) is 23.1 Å². The summed E-state index contributed by atoms with van der Waals surface area (Å²) in [5, 5.41) is 7.56. The number of benzene rings is 1. The van der Waals surface area contributed by atoms with Crippen LogP contribution in [0.3, 0.4) is 0 Å². The summed E-state index contributed by atoms with van der Waals surface area (Å²) in [6.45, 7) is 0. The van der Waals surface area contributed by atoms with Gasteiger partial charge in [-0.3, -0.25) is 9.48 Å². The third-order valence-corrected chi connectivity index (χ3v) is 4.00. The number of thiazole rings is 1. The Morgan fingerprint density at radius 2 is 2.09 bits per heavy atom. The van der Waals surface area contributed by atoms with Gasteiger partial charge in [0.25, 0.3) is 5.91 Å². The molecule has 2 aromatic heterocycles. The molecule has 0 saturated heterocycles. The van der Waals surface area contributed by atoms with Crippen molar-refractivity contribution in [2.24, 2.45) is 7.05 Å². The molecule has 0 bridgehead atoms. The quantitative estimate of drug-likeness (QED) is 0.805. The summed E-state index contributed by atoms with van der Waals surface area (Å²) in [4.78, 5) is 16.9. The first-order chi connectivity index (χ1) is 10.6. The van der Waals surface area contributed by atoms with Crippen LogP contribution in [0.4, 0.5) is 10.1 Å². The minimum atomic E-state index is -0.264. The number of aryl methyl sites for hydroxylation is 1. The Balaban J connectivity index is 1.67. The van der Waals surface area contributed by atoms with Crippen molar-refractivity contribution in [3.05, 3.63) is 64.1 Å². The molecule has 0 fully saturated rings. The van der Waals surface area contributed by atoms with E-state index in [0.717, 1.165) is 10.6 Å². The zero-order chi connectivity index (χ0) is 15.5. The first kappa shape index (κ1) is 14.4. The molecule has 5 nitrogen and oxygen atoms in total. The van der Waals surface area contributed by atoms with Gasteiger partial charge in [-0.2, -0.15) is 5.10 Å². The number of amides is 1. The highest BCUT2D eigenvalue weighted by Crippen LogP contribution is 2.18. The number of anilines is 1. The molecule has 0 saturated carbocycles. The maximum atomic E-state index is 12.9. The van der Waals surface area contributed by atoms with Gasteiger partial charge >= 0.3 is 0 Å². The Kier molecular flexibility index (Phi) is 3.97. The number of hydrogen-bond donors (Lipinski definition) is 1. The van der Waals surface area contributed by atoms with E-state index in [1.165, 1.54) is 23.5 Å². The molecule has 0 unspecified atom stereocenters. The van der Waals surface area contributed by atoms with Crippen molar-refractivity contribution >= 4 is 22.9 Å². The number of halogens is 1. The van der Waals surface area contributed by atoms with Crippen molar-refractivity contribution in [2.75, 3.05) is 5.32 Å². The smallest absolute Gasteiger partial charge is 0.267 e. The zero-order valence-electron chi connectivity index (χ0n) is 11.8. The van der Waals surface area contributed by atoms with Gasteiger partial charge in [-0.15, -0.1) is 11.3 Å². The molecular weight excluding hydrogens is 303 g/mol. The average molecular weight is 316 g/mol. The molecule has 1 aromatic carbocycles. The van der Waals surface area contributed by atoms with E-state index < -0.39 is 0 Å². The number of nitrogens with one attached hydrogen (secondary N) is 1. The molecule has 1 amide bonds. The monoisotopic (exact) mass is 316 g/mol. The summed E-state index contributed by atoms with van der Waals surface area (Å²) in [5.74, 6) is -0.477. The lowest BCUT2D eigenvalue weighted by Gasteiger charge is -1.98. The number of hydrogen-bond acceptors (Lipinski definition) is 4. The largest absolute Gasteiger partial charge is 0.319 e. The van der Waals surface area contributed by atoms with Crippen LogP contribution in [0.25, 0.3) is 0 Å². The third-order valence-electron chi connectivity index (χ3n) is 3.01. The normalized spacial score (nSPS) is 10.6. The standard InChI is InChI=1S/C15H13FN4OS/c1-20-9-12(7-18-20)19-15(21)13-8-17-14(22-13)6-10-2-4-11(16)5-3-10/h2-5,7-9H,6H2,1H3,(H,19,21). The summed E-state index contributed by atoms with van der Waals surface area (Å²) in [5.41, 5.74) is 1.59. The molecule has 1 N–H and O–H groups in total. The molecule has 0 aliphatic carbocycles. The zero-order valence-corrected chi connectivity index (χ0v) is 12.6. The predicted molar refractivity (Wildman–Crippen MR) is 82.5 cm³/mol. The molecule has 112 valence electrons. The number of carbonyl (C=O) groups excluding carboxylic acids is 1. The van der Waals surface area contributed by atoms with Crippen molar-refractivity contribution in [2.45, 2.75) is 6.42 Å². The molecule has 0 radical (unpaired) electrons. The predicted octanol–water partition coefficient (Wildman–Crippen LogP) is 2.86. The minimum Gasteiger partial charge on any atom is -0.319 e. The van der Waals surface area contributed by atoms with Crippen LogP contribution < -0.4 is 5.32 Å². The first-order valence-electron chi connectivity index (χ1n) is 6.59. The van der Waals surface area contributed by atoms with Crippen molar-refractivity contribution in [3.8, 4) is 0 Å². The summed E-state index contributed by atoms with van der Waals surface area (Å²) in [6, 6.07) is 6.26. The lowest BCUT2D eigenvalue weighted by Crippen LogP contribution is -2.09. The summed E-state index contributed by atoms with van der Waals surface area (Å²) < 4.78 is 14.5. The molecule has 2 heterocycles. The Hall–Kier alpha value is -2.54. The fourth-order valence-corrected chi connectivity index (χ4v) is 2.80. The van der Waals surface area contributed by atoms with E-state index in [2.05, 4.69) is 15.4 Å². The number of carbonyl (C=O) groups is 1. The number of nitrogens with zero attached hydrogens (tertiary/aromatic N) is 3. The maximum Gasteiger partial charge on any atom is 0.267 e. The Morgan fingerprint density at radius 1 is 1.32 bits per heavy atom. The Labute approximate surface area is 130 Å². The molecule has 0 atom stereocenters. The second-order valence-corrected chi connectivity index (χ2v) is 5.89. The fourth-order valence-electron chi connectivity index (χ4n) is 1.95. The lowest BCUT2D eigenvalue weighted by molar-refractivity contribution is 0.103. The van der Waals surface area contributed by atoms with Gasteiger partial charge < -0.3 is 5.32 Å². The van der Waals surface area contributed by atoms with Gasteiger partial charge in [0, 0.05) is 19.7 Å². The van der Waals surface area contributed by atoms with Gasteiger partial charge in [-0.05, 0) is 17.7 Å². The van der Waals surface area contributed by atoms with Crippen molar-refractivity contribution in [1.82, 2.24) is 14.8 Å². The SMILES string of the molecule is Cn1cc(NC(=O)c2cnc(Cc3ccc(F)cc3)s2)cn1. The van der Waals surface area contributed by atoms with Crippen LogP contribution in [0.15, 0.2) is 42.9 Å². The highest BCUT2D eigenvalue weighted by molar-refractivity contribution is 7.13. The second kappa shape index (κ2) is 6.07. The molecule has 0 aliphatic heterocycles. The van der Waals surface area contributed by atoms with Gasteiger partial charge in [0.2, 0.25) is 0 Å². The molecule has 0 aliphatic rings. The van der Waals surface area contributed by atoms with Crippen LogP contribution in [0.2, 0.25) is 0 Å². The highest BCUT2D eigenvalue weighted by Gasteiger charge is 2.12. The van der Waals surface area contributed by atoms with E-state index in [4.69, 9.17) is 0 Å². The van der Waals surface area contributed by atoms with Gasteiger partial charge in [0.15, 0.2) is 0 Å². The van der Waals surface area contributed by atoms with E-state index in [1.807, 2.05) is 0 Å². The van der Waals surface area contributed by atoms with E-state index in [9.17, 15) is 9.18 Å². The van der Waals surface area contributed by atoms with Crippen molar-refractivity contribution in [3.63, 3.8) is 0 Å². The summed E-state index contributed by atoms with van der Waals surface area (Å²) in [7, 11) is 1.78. The summed E-state index contributed by atoms with van der Waals surface area (Å²) in [6.07, 6.45) is 5.43. The maximum absolute atomic E-state index is 12.9. The summed E-state index contributed by atoms with van der Waals surface area (Å²) >= 11 is 1.32. The second-order valence-electron chi connectivity index (χ2n) is 4.78. The first-order valence-corrected chi connectivity index (χ1v) is 7.41. The van der Waals surface area contributed by atoms with Gasteiger partial charge in [-0.25, -0.2) is 9.37 Å². The van der Waals surface area contributed by atoms with Crippen LogP contribution in [0.5, 0.6) is 0 Å². The van der Waals surface area contributed by atoms with Crippen LogP contribution in [0.1, 0.15) is 20.2 Å². The van der Waals surface area contributed by atoms with Gasteiger partial charge in [-0.1, -0.05) is 12.1 Å². The Bertz CT molecular complexity index is 794. The van der Waals surface area contributed by atoms with Crippen LogP contribution >= 0.6 is 11.3 Å². The average Bonchev–Trinajstić information content (AvgIpc) is 3.11. The molecule has 7 heteroatoms. The molecule has 3 aromatic rings. The molecule has 0 spiro atoms. The fraction of sp³-hybridized carbons (Fsp3) is 0.133. The van der Waals surface area contributed by atoms with Gasteiger partial charge in [0.1, 0.15) is 10.7 Å². The lowest BCUT2D eigenvalue weighted by atomic mass is 10.2. The minimum absolute atomic E-state index is 0.212. The molecule has 22 heavy (non-hydrogen) atoms. The number of aromatic nitrogens is 3. The van der Waals surface area contributed by atoms with Crippen molar-refractivity contribution < 1.29 is 9.18 Å². The van der Waals surface area contributed by atoms with E-state index >= 15 is 0 Å². The van der Waals surface area contributed by atoms with E-state index in [0.29, 0.717) is 17.0 Å². The van der Waals surface area contributed by atoms with Crippen molar-refractivity contribution in [1.29, 1.82) is 0 Å². The van der Waals surface area contributed by atoms with Crippen LogP contribution in [-0.4, -0.2) is 20.7 Å². The van der Waals surface area contributed by atoms with E-state index in [-0.39, 0.29) is 11.7 Å². The van der Waals surface area contributed by atoms with Crippen LogP contribution in [-0.2, 0) is 13.5 Å². The molecule has 3 rings (SSSR count). The number of rotatable bonds is 4. The van der Waals surface area contributed by atoms with E-state index in [1.54, 1.807) is 42.5 Å². The third kappa shape index (κ3) is 3.37. The topological polar surface area (TPSA) is 59.8 Å². The molecular formula is C15H13FN4OS.